The van der Waals surface area contributed by atoms with Crippen LogP contribution in [0.2, 0.25) is 0 Å². The van der Waals surface area contributed by atoms with Gasteiger partial charge in [0, 0.05) is 24.7 Å². The van der Waals surface area contributed by atoms with Gasteiger partial charge in [-0.1, -0.05) is 55.5 Å². The standard InChI is InChI=1S/C17H23N/c1-14-5-7-16(8-6-14)13-18(4)15(2)9-10-17(3)11-12-17/h5-8,11-12H,2,9-10,13H2,1,3-4H3. The average Bonchev–Trinajstić information content (AvgIpc) is 3.08. The molecule has 0 amide bonds. The highest BCUT2D eigenvalue weighted by molar-refractivity contribution is 5.24. The van der Waals surface area contributed by atoms with Crippen LogP contribution in [0.3, 0.4) is 0 Å². The first-order valence-corrected chi connectivity index (χ1v) is 6.63. The molecule has 0 radical (unpaired) electrons. The molecule has 96 valence electrons. The number of aryl methyl sites for hydroxylation is 1. The van der Waals surface area contributed by atoms with Gasteiger partial charge in [0.15, 0.2) is 0 Å². The summed E-state index contributed by atoms with van der Waals surface area (Å²) in [4.78, 5) is 2.26. The molecule has 1 aliphatic carbocycles. The van der Waals surface area contributed by atoms with Crippen LogP contribution in [0.25, 0.3) is 0 Å². The van der Waals surface area contributed by atoms with Gasteiger partial charge in [-0.15, -0.1) is 0 Å². The topological polar surface area (TPSA) is 3.24 Å². The van der Waals surface area contributed by atoms with Gasteiger partial charge in [0.2, 0.25) is 0 Å². The Morgan fingerprint density at radius 1 is 1.22 bits per heavy atom. The summed E-state index contributed by atoms with van der Waals surface area (Å²) in [5.74, 6) is 0. The summed E-state index contributed by atoms with van der Waals surface area (Å²) in [6, 6.07) is 8.73. The van der Waals surface area contributed by atoms with Crippen molar-refractivity contribution in [2.75, 3.05) is 7.05 Å². The van der Waals surface area contributed by atoms with Crippen molar-refractivity contribution in [1.29, 1.82) is 0 Å². The van der Waals surface area contributed by atoms with Gasteiger partial charge in [-0.05, 0) is 25.3 Å². The molecule has 0 N–H and O–H groups in total. The Hall–Kier alpha value is -1.50. The minimum Gasteiger partial charge on any atom is -0.374 e. The van der Waals surface area contributed by atoms with Crippen molar-refractivity contribution in [3.05, 3.63) is 59.8 Å². The highest BCUT2D eigenvalue weighted by atomic mass is 15.1. The van der Waals surface area contributed by atoms with Crippen molar-refractivity contribution in [3.63, 3.8) is 0 Å². The van der Waals surface area contributed by atoms with Crippen molar-refractivity contribution in [1.82, 2.24) is 4.90 Å². The Morgan fingerprint density at radius 3 is 2.39 bits per heavy atom. The van der Waals surface area contributed by atoms with E-state index in [9.17, 15) is 0 Å². The molecule has 0 unspecified atom stereocenters. The molecule has 18 heavy (non-hydrogen) atoms. The zero-order valence-corrected chi connectivity index (χ0v) is 11.7. The van der Waals surface area contributed by atoms with Crippen LogP contribution in [-0.4, -0.2) is 11.9 Å². The van der Waals surface area contributed by atoms with Gasteiger partial charge in [0.05, 0.1) is 0 Å². The zero-order chi connectivity index (χ0) is 13.2. The van der Waals surface area contributed by atoms with Crippen molar-refractivity contribution in [2.24, 2.45) is 5.41 Å². The van der Waals surface area contributed by atoms with Crippen LogP contribution < -0.4 is 0 Å². The van der Waals surface area contributed by atoms with Gasteiger partial charge >= 0.3 is 0 Å². The second-order valence-corrected chi connectivity index (χ2v) is 5.75. The van der Waals surface area contributed by atoms with Crippen molar-refractivity contribution < 1.29 is 0 Å². The molecule has 0 fully saturated rings. The Kier molecular flexibility index (Phi) is 3.60. The summed E-state index contributed by atoms with van der Waals surface area (Å²) >= 11 is 0. The molecule has 1 heteroatoms. The van der Waals surface area contributed by atoms with Gasteiger partial charge in [-0.2, -0.15) is 0 Å². The van der Waals surface area contributed by atoms with Gasteiger partial charge in [0.1, 0.15) is 0 Å². The third kappa shape index (κ3) is 3.49. The summed E-state index contributed by atoms with van der Waals surface area (Å²) in [5.41, 5.74) is 4.27. The molecule has 1 aliphatic rings. The monoisotopic (exact) mass is 241 g/mol. The predicted molar refractivity (Wildman–Crippen MR) is 78.3 cm³/mol. The lowest BCUT2D eigenvalue weighted by Gasteiger charge is -2.23. The fraction of sp³-hybridized carbons (Fsp3) is 0.412. The molecule has 0 spiro atoms. The number of benzene rings is 1. The Bertz CT molecular complexity index is 447. The number of hydrogen-bond acceptors (Lipinski definition) is 1. The maximum Gasteiger partial charge on any atom is 0.0423 e. The molecule has 2 rings (SSSR count). The molecule has 0 bridgehead atoms. The molecular weight excluding hydrogens is 218 g/mol. The third-order valence-corrected chi connectivity index (χ3v) is 3.77. The minimum absolute atomic E-state index is 0.383. The fourth-order valence-corrected chi connectivity index (χ4v) is 1.99. The van der Waals surface area contributed by atoms with Crippen LogP contribution in [0.15, 0.2) is 48.7 Å². The number of nitrogens with zero attached hydrogens (tertiary/aromatic N) is 1. The molecule has 0 heterocycles. The highest BCUT2D eigenvalue weighted by Crippen LogP contribution is 2.39. The van der Waals surface area contributed by atoms with E-state index in [1.54, 1.807) is 0 Å². The number of hydrogen-bond donors (Lipinski definition) is 0. The first kappa shape index (κ1) is 12.9. The summed E-state index contributed by atoms with van der Waals surface area (Å²) < 4.78 is 0. The van der Waals surface area contributed by atoms with Crippen LogP contribution in [0, 0.1) is 12.3 Å². The lowest BCUT2D eigenvalue weighted by molar-refractivity contribution is 0.382. The first-order chi connectivity index (χ1) is 8.48. The van der Waals surface area contributed by atoms with E-state index in [0.717, 1.165) is 13.0 Å². The molecule has 0 aliphatic heterocycles. The lowest BCUT2D eigenvalue weighted by Crippen LogP contribution is -2.17. The van der Waals surface area contributed by atoms with Gasteiger partial charge in [-0.3, -0.25) is 0 Å². The van der Waals surface area contributed by atoms with E-state index in [2.05, 4.69) is 68.8 Å². The van der Waals surface area contributed by atoms with E-state index in [-0.39, 0.29) is 0 Å². The largest absolute Gasteiger partial charge is 0.374 e. The quantitative estimate of drug-likeness (QED) is 0.671. The Labute approximate surface area is 111 Å². The van der Waals surface area contributed by atoms with E-state index in [1.165, 1.54) is 23.2 Å². The zero-order valence-electron chi connectivity index (χ0n) is 11.7. The molecule has 1 nitrogen and oxygen atoms in total. The van der Waals surface area contributed by atoms with Crippen LogP contribution in [-0.2, 0) is 6.54 Å². The third-order valence-electron chi connectivity index (χ3n) is 3.77. The van der Waals surface area contributed by atoms with Crippen LogP contribution in [0.5, 0.6) is 0 Å². The average molecular weight is 241 g/mol. The van der Waals surface area contributed by atoms with Crippen LogP contribution >= 0.6 is 0 Å². The predicted octanol–water partition coefficient (Wildman–Crippen LogP) is 4.30. The molecular formula is C17H23N. The van der Waals surface area contributed by atoms with E-state index in [0.29, 0.717) is 5.41 Å². The number of rotatable bonds is 6. The van der Waals surface area contributed by atoms with Crippen LogP contribution in [0.1, 0.15) is 30.9 Å². The van der Waals surface area contributed by atoms with Gasteiger partial charge in [-0.25, -0.2) is 0 Å². The Morgan fingerprint density at radius 2 is 1.83 bits per heavy atom. The van der Waals surface area contributed by atoms with Gasteiger partial charge in [0.25, 0.3) is 0 Å². The lowest BCUT2D eigenvalue weighted by atomic mass is 9.99. The van der Waals surface area contributed by atoms with E-state index >= 15 is 0 Å². The first-order valence-electron chi connectivity index (χ1n) is 6.63. The summed E-state index contributed by atoms with van der Waals surface area (Å²) in [7, 11) is 2.13. The summed E-state index contributed by atoms with van der Waals surface area (Å²) in [5, 5.41) is 0. The Balaban J connectivity index is 1.81. The van der Waals surface area contributed by atoms with Crippen LogP contribution in [0.4, 0.5) is 0 Å². The van der Waals surface area contributed by atoms with Gasteiger partial charge < -0.3 is 4.90 Å². The second-order valence-electron chi connectivity index (χ2n) is 5.75. The molecule has 0 aromatic heterocycles. The second kappa shape index (κ2) is 5.01. The maximum atomic E-state index is 4.20. The summed E-state index contributed by atoms with van der Waals surface area (Å²) in [6.07, 6.45) is 6.82. The number of allylic oxidation sites excluding steroid dienone is 3. The highest BCUT2D eigenvalue weighted by Gasteiger charge is 2.27. The molecule has 1 aromatic rings. The normalized spacial score (nSPS) is 15.5. The molecule has 0 saturated carbocycles. The van der Waals surface area contributed by atoms with E-state index < -0.39 is 0 Å². The van der Waals surface area contributed by atoms with Crippen molar-refractivity contribution in [2.45, 2.75) is 33.2 Å². The smallest absolute Gasteiger partial charge is 0.0423 e. The SMILES string of the molecule is C=C(CCC1(C)C=C1)N(C)Cc1ccc(C)cc1. The van der Waals surface area contributed by atoms with E-state index in [1.807, 2.05) is 0 Å². The fourth-order valence-electron chi connectivity index (χ4n) is 1.99. The molecule has 0 atom stereocenters. The van der Waals surface area contributed by atoms with Crippen molar-refractivity contribution >= 4 is 0 Å². The van der Waals surface area contributed by atoms with E-state index in [4.69, 9.17) is 0 Å². The van der Waals surface area contributed by atoms with Crippen molar-refractivity contribution in [3.8, 4) is 0 Å². The maximum absolute atomic E-state index is 4.20. The summed E-state index contributed by atoms with van der Waals surface area (Å²) in [6.45, 7) is 9.54. The molecule has 1 aromatic carbocycles. The molecule has 0 saturated heterocycles. The minimum atomic E-state index is 0.383.